The first kappa shape index (κ1) is 17.0. The van der Waals surface area contributed by atoms with E-state index in [1.807, 2.05) is 91.9 Å². The number of nitrogens with zero attached hydrogens (tertiary/aromatic N) is 1. The Morgan fingerprint density at radius 3 is 2.12 bits per heavy atom. The lowest BCUT2D eigenvalue weighted by molar-refractivity contribution is -0.121. The Labute approximate surface area is 149 Å². The summed E-state index contributed by atoms with van der Waals surface area (Å²) in [6.07, 6.45) is 0. The van der Waals surface area contributed by atoms with Crippen molar-refractivity contribution in [1.29, 1.82) is 0 Å². The fourth-order valence-electron chi connectivity index (χ4n) is 2.74. The average Bonchev–Trinajstić information content (AvgIpc) is 2.65. The van der Waals surface area contributed by atoms with E-state index in [1.165, 1.54) is 5.06 Å². The molecule has 0 heterocycles. The van der Waals surface area contributed by atoms with Crippen molar-refractivity contribution >= 4 is 0 Å². The van der Waals surface area contributed by atoms with E-state index in [0.717, 1.165) is 22.3 Å². The Balaban J connectivity index is 1.92. The molecule has 0 saturated carbocycles. The average molecular weight is 327 g/mol. The number of aryl methyl sites for hydroxylation is 1. The molecule has 0 radical (unpaired) electrons. The summed E-state index contributed by atoms with van der Waals surface area (Å²) in [6, 6.07) is 27.4. The van der Waals surface area contributed by atoms with E-state index in [2.05, 4.69) is 11.8 Å². The van der Waals surface area contributed by atoms with Crippen molar-refractivity contribution in [3.63, 3.8) is 0 Å². The lowest BCUT2D eigenvalue weighted by atomic mass is 10.0. The summed E-state index contributed by atoms with van der Waals surface area (Å²) in [5.74, 6) is 6.42. The maximum absolute atomic E-state index is 10.7. The summed E-state index contributed by atoms with van der Waals surface area (Å²) in [6.45, 7) is 2.46. The molecule has 124 valence electrons. The summed E-state index contributed by atoms with van der Waals surface area (Å²) in [7, 11) is 0. The highest BCUT2D eigenvalue weighted by molar-refractivity contribution is 5.39. The number of hydrogen-bond donors (Lipinski definition) is 1. The van der Waals surface area contributed by atoms with Gasteiger partial charge in [-0.2, -0.15) is 5.06 Å². The fourth-order valence-corrected chi connectivity index (χ4v) is 2.74. The highest BCUT2D eigenvalue weighted by Crippen LogP contribution is 2.23. The fraction of sp³-hybridized carbons (Fsp3) is 0.130. The molecule has 3 aromatic carbocycles. The molecule has 0 amide bonds. The second-order valence-corrected chi connectivity index (χ2v) is 5.98. The summed E-state index contributed by atoms with van der Waals surface area (Å²) in [5.41, 5.74) is 4.12. The van der Waals surface area contributed by atoms with Gasteiger partial charge in [0.2, 0.25) is 0 Å². The summed E-state index contributed by atoms with van der Waals surface area (Å²) < 4.78 is 0. The highest BCUT2D eigenvalue weighted by atomic mass is 16.5. The predicted molar refractivity (Wildman–Crippen MR) is 101 cm³/mol. The molecule has 0 aromatic heterocycles. The molecule has 3 rings (SSSR count). The zero-order chi connectivity index (χ0) is 17.5. The van der Waals surface area contributed by atoms with Crippen LogP contribution in [0, 0.1) is 18.8 Å². The van der Waals surface area contributed by atoms with Gasteiger partial charge in [-0.3, -0.25) is 0 Å². The van der Waals surface area contributed by atoms with E-state index in [-0.39, 0.29) is 6.04 Å². The van der Waals surface area contributed by atoms with Crippen LogP contribution in [-0.2, 0) is 6.54 Å². The lowest BCUT2D eigenvalue weighted by Gasteiger charge is -2.23. The molecule has 0 spiro atoms. The third kappa shape index (κ3) is 4.58. The van der Waals surface area contributed by atoms with Crippen LogP contribution in [0.5, 0.6) is 0 Å². The Hall–Kier alpha value is -2.86. The second-order valence-electron chi connectivity index (χ2n) is 5.98. The van der Waals surface area contributed by atoms with Gasteiger partial charge in [0.15, 0.2) is 0 Å². The number of benzene rings is 3. The van der Waals surface area contributed by atoms with Crippen molar-refractivity contribution < 1.29 is 5.21 Å². The zero-order valence-electron chi connectivity index (χ0n) is 14.3. The number of hydroxylamine groups is 2. The molecule has 3 aromatic rings. The van der Waals surface area contributed by atoms with Crippen LogP contribution in [0.15, 0.2) is 84.9 Å². The van der Waals surface area contributed by atoms with Crippen LogP contribution >= 0.6 is 0 Å². The van der Waals surface area contributed by atoms with Crippen molar-refractivity contribution in [3.05, 3.63) is 107 Å². The molecule has 0 aliphatic rings. The molecular formula is C23H21NO. The molecule has 2 heteroatoms. The first-order valence-corrected chi connectivity index (χ1v) is 8.35. The van der Waals surface area contributed by atoms with Crippen molar-refractivity contribution in [2.75, 3.05) is 0 Å². The molecule has 0 aliphatic carbocycles. The van der Waals surface area contributed by atoms with Gasteiger partial charge >= 0.3 is 0 Å². The summed E-state index contributed by atoms with van der Waals surface area (Å²) in [5, 5.41) is 12.1. The van der Waals surface area contributed by atoms with Gasteiger partial charge in [0.25, 0.3) is 0 Å². The van der Waals surface area contributed by atoms with Gasteiger partial charge < -0.3 is 5.21 Å². The van der Waals surface area contributed by atoms with E-state index in [4.69, 9.17) is 0 Å². The molecule has 0 aliphatic heterocycles. The Kier molecular flexibility index (Phi) is 5.64. The molecular weight excluding hydrogens is 306 g/mol. The molecule has 1 N–H and O–H groups in total. The first-order valence-electron chi connectivity index (χ1n) is 8.35. The van der Waals surface area contributed by atoms with E-state index in [1.54, 1.807) is 0 Å². The van der Waals surface area contributed by atoms with Gasteiger partial charge in [0, 0.05) is 5.56 Å². The van der Waals surface area contributed by atoms with E-state index >= 15 is 0 Å². The van der Waals surface area contributed by atoms with Crippen LogP contribution in [0.25, 0.3) is 0 Å². The normalized spacial score (nSPS) is 11.6. The maximum atomic E-state index is 10.7. The van der Waals surface area contributed by atoms with Gasteiger partial charge in [-0.05, 0) is 35.7 Å². The predicted octanol–water partition coefficient (Wildman–Crippen LogP) is 4.98. The van der Waals surface area contributed by atoms with Gasteiger partial charge in [-0.1, -0.05) is 84.6 Å². The second kappa shape index (κ2) is 8.30. The molecule has 25 heavy (non-hydrogen) atoms. The topological polar surface area (TPSA) is 23.5 Å². The van der Waals surface area contributed by atoms with Gasteiger partial charge in [-0.25, -0.2) is 0 Å². The van der Waals surface area contributed by atoms with Gasteiger partial charge in [0.05, 0.1) is 6.54 Å². The third-order valence-corrected chi connectivity index (χ3v) is 4.10. The Morgan fingerprint density at radius 1 is 0.840 bits per heavy atom. The minimum atomic E-state index is -0.387. The largest absolute Gasteiger partial charge is 0.312 e. The standard InChI is InChI=1S/C23H21NO/c1-19-10-8-9-15-22(19)23(17-16-20-11-4-2-5-12-20)24(25)18-21-13-6-3-7-14-21/h2-15,23,25H,18H2,1H3. The zero-order valence-corrected chi connectivity index (χ0v) is 14.3. The molecule has 1 unspecified atom stereocenters. The SMILES string of the molecule is Cc1ccccc1C(C#Cc1ccccc1)N(O)Cc1ccccc1. The number of rotatable bonds is 4. The third-order valence-electron chi connectivity index (χ3n) is 4.10. The first-order chi connectivity index (χ1) is 12.2. The number of hydrogen-bond acceptors (Lipinski definition) is 2. The summed E-state index contributed by atoms with van der Waals surface area (Å²) in [4.78, 5) is 0. The molecule has 0 fully saturated rings. The minimum absolute atomic E-state index is 0.387. The van der Waals surface area contributed by atoms with Crippen molar-refractivity contribution in [3.8, 4) is 11.8 Å². The van der Waals surface area contributed by atoms with Crippen LogP contribution in [0.4, 0.5) is 0 Å². The monoisotopic (exact) mass is 327 g/mol. The molecule has 0 saturated heterocycles. The quantitative estimate of drug-likeness (QED) is 0.540. The van der Waals surface area contributed by atoms with Crippen LogP contribution in [-0.4, -0.2) is 10.3 Å². The Bertz CT molecular complexity index is 863. The van der Waals surface area contributed by atoms with Crippen molar-refractivity contribution in [2.24, 2.45) is 0 Å². The van der Waals surface area contributed by atoms with Crippen molar-refractivity contribution in [1.82, 2.24) is 5.06 Å². The van der Waals surface area contributed by atoms with Crippen LogP contribution in [0.3, 0.4) is 0 Å². The van der Waals surface area contributed by atoms with Crippen LogP contribution in [0.1, 0.15) is 28.3 Å². The Morgan fingerprint density at radius 2 is 1.44 bits per heavy atom. The maximum Gasteiger partial charge on any atom is 0.122 e. The van der Waals surface area contributed by atoms with Gasteiger partial charge in [-0.15, -0.1) is 0 Å². The summed E-state index contributed by atoms with van der Waals surface area (Å²) >= 11 is 0. The van der Waals surface area contributed by atoms with E-state index < -0.39 is 0 Å². The highest BCUT2D eigenvalue weighted by Gasteiger charge is 2.18. The molecule has 2 nitrogen and oxygen atoms in total. The molecule has 1 atom stereocenters. The van der Waals surface area contributed by atoms with E-state index in [9.17, 15) is 5.21 Å². The van der Waals surface area contributed by atoms with Crippen LogP contribution in [0.2, 0.25) is 0 Å². The minimum Gasteiger partial charge on any atom is -0.312 e. The van der Waals surface area contributed by atoms with Crippen LogP contribution < -0.4 is 0 Å². The lowest BCUT2D eigenvalue weighted by Crippen LogP contribution is -2.24. The van der Waals surface area contributed by atoms with Gasteiger partial charge in [0.1, 0.15) is 6.04 Å². The van der Waals surface area contributed by atoms with Crippen molar-refractivity contribution in [2.45, 2.75) is 19.5 Å². The van der Waals surface area contributed by atoms with E-state index in [0.29, 0.717) is 6.54 Å². The molecule has 0 bridgehead atoms. The smallest absolute Gasteiger partial charge is 0.122 e.